The summed E-state index contributed by atoms with van der Waals surface area (Å²) in [4.78, 5) is 23.1. The molecular formula is C15H22N2O3. The average Bonchev–Trinajstić information content (AvgIpc) is 3.04. The van der Waals surface area contributed by atoms with Gasteiger partial charge in [-0.25, -0.2) is 0 Å². The number of hydrogen-bond acceptors (Lipinski definition) is 3. The quantitative estimate of drug-likeness (QED) is 0.674. The van der Waals surface area contributed by atoms with E-state index in [4.69, 9.17) is 5.11 Å². The van der Waals surface area contributed by atoms with E-state index in [0.29, 0.717) is 18.4 Å². The maximum Gasteiger partial charge on any atom is 0.310 e. The average molecular weight is 278 g/mol. The molecule has 2 aliphatic carbocycles. The number of carbonyl (C=O) groups is 2. The van der Waals surface area contributed by atoms with Crippen LogP contribution in [0.15, 0.2) is 12.2 Å². The Labute approximate surface area is 118 Å². The van der Waals surface area contributed by atoms with Crippen LogP contribution in [0, 0.1) is 11.8 Å². The van der Waals surface area contributed by atoms with E-state index in [1.807, 2.05) is 0 Å². The molecule has 5 nitrogen and oxygen atoms in total. The Morgan fingerprint density at radius 1 is 1.15 bits per heavy atom. The van der Waals surface area contributed by atoms with Gasteiger partial charge < -0.3 is 15.7 Å². The molecule has 5 heteroatoms. The van der Waals surface area contributed by atoms with Crippen LogP contribution in [0.3, 0.4) is 0 Å². The third kappa shape index (κ3) is 2.73. The zero-order chi connectivity index (χ0) is 14.1. The van der Waals surface area contributed by atoms with E-state index in [1.54, 1.807) is 12.2 Å². The van der Waals surface area contributed by atoms with Gasteiger partial charge in [0.15, 0.2) is 0 Å². The fourth-order valence-electron chi connectivity index (χ4n) is 3.79. The summed E-state index contributed by atoms with van der Waals surface area (Å²) in [6, 6.07) is 0.277. The number of aliphatic carboxylic acids is 1. The fraction of sp³-hybridized carbons (Fsp3) is 0.733. The molecule has 1 heterocycles. The molecule has 3 aliphatic rings. The van der Waals surface area contributed by atoms with E-state index in [2.05, 4.69) is 10.6 Å². The Kier molecular flexibility index (Phi) is 3.78. The predicted octanol–water partition coefficient (Wildman–Crippen LogP) is 1.05. The first kappa shape index (κ1) is 13.6. The van der Waals surface area contributed by atoms with Crippen LogP contribution in [0.4, 0.5) is 0 Å². The molecule has 1 amide bonds. The molecule has 1 aliphatic heterocycles. The molecule has 1 saturated heterocycles. The normalized spacial score (nSPS) is 39.5. The zero-order valence-electron chi connectivity index (χ0n) is 11.5. The summed E-state index contributed by atoms with van der Waals surface area (Å²) in [5.41, 5.74) is 0. The molecule has 20 heavy (non-hydrogen) atoms. The fourth-order valence-corrected chi connectivity index (χ4v) is 3.79. The lowest BCUT2D eigenvalue weighted by Crippen LogP contribution is -2.46. The second-order valence-electron chi connectivity index (χ2n) is 6.29. The van der Waals surface area contributed by atoms with E-state index in [1.165, 1.54) is 25.7 Å². The van der Waals surface area contributed by atoms with E-state index in [-0.39, 0.29) is 18.0 Å². The van der Waals surface area contributed by atoms with E-state index >= 15 is 0 Å². The van der Waals surface area contributed by atoms with E-state index < -0.39 is 11.9 Å². The van der Waals surface area contributed by atoms with Crippen LogP contribution in [0.5, 0.6) is 0 Å². The largest absolute Gasteiger partial charge is 0.481 e. The van der Waals surface area contributed by atoms with Gasteiger partial charge in [0.25, 0.3) is 0 Å². The van der Waals surface area contributed by atoms with Crippen molar-refractivity contribution in [1.82, 2.24) is 10.6 Å². The van der Waals surface area contributed by atoms with Crippen LogP contribution in [0.25, 0.3) is 0 Å². The second-order valence-corrected chi connectivity index (χ2v) is 6.29. The number of carboxylic acids is 1. The van der Waals surface area contributed by atoms with Crippen molar-refractivity contribution in [2.45, 2.75) is 56.7 Å². The number of amides is 1. The van der Waals surface area contributed by atoms with Crippen LogP contribution in [0.2, 0.25) is 0 Å². The monoisotopic (exact) mass is 278 g/mol. The number of carbonyl (C=O) groups excluding carboxylic acids is 1. The van der Waals surface area contributed by atoms with Crippen molar-refractivity contribution in [3.63, 3.8) is 0 Å². The van der Waals surface area contributed by atoms with Gasteiger partial charge in [-0.15, -0.1) is 0 Å². The Morgan fingerprint density at radius 3 is 2.65 bits per heavy atom. The number of hydrogen-bond donors (Lipinski definition) is 3. The van der Waals surface area contributed by atoms with Crippen molar-refractivity contribution >= 4 is 11.9 Å². The Balaban J connectivity index is 1.51. The summed E-state index contributed by atoms with van der Waals surface area (Å²) in [6.07, 6.45) is 9.82. The minimum absolute atomic E-state index is 0.0279. The molecule has 0 bridgehead atoms. The highest BCUT2D eigenvalue weighted by atomic mass is 16.4. The molecule has 3 N–H and O–H groups in total. The Hall–Kier alpha value is -1.36. The van der Waals surface area contributed by atoms with Crippen LogP contribution in [0.1, 0.15) is 38.5 Å². The number of rotatable bonds is 3. The van der Waals surface area contributed by atoms with Crippen LogP contribution in [-0.4, -0.2) is 35.1 Å². The minimum atomic E-state index is -0.817. The van der Waals surface area contributed by atoms with E-state index in [9.17, 15) is 9.59 Å². The second kappa shape index (κ2) is 5.56. The van der Waals surface area contributed by atoms with Crippen molar-refractivity contribution < 1.29 is 14.7 Å². The van der Waals surface area contributed by atoms with Gasteiger partial charge in [0.05, 0.1) is 12.0 Å². The lowest BCUT2D eigenvalue weighted by molar-refractivity contribution is -0.140. The standard InChI is InChI=1S/C15H22N2O3/c18-14(16-11-6-5-10(7-11)15(19)20)13-8-9-3-1-2-4-12(9)17-13/h5-6,9-13,17H,1-4,7-8H2,(H,16,18)(H,19,20). The molecule has 5 unspecified atom stereocenters. The van der Waals surface area contributed by atoms with Crippen molar-refractivity contribution in [3.8, 4) is 0 Å². The zero-order valence-corrected chi connectivity index (χ0v) is 11.5. The highest BCUT2D eigenvalue weighted by molar-refractivity contribution is 5.83. The lowest BCUT2D eigenvalue weighted by Gasteiger charge is -2.24. The molecule has 5 atom stereocenters. The highest BCUT2D eigenvalue weighted by Crippen LogP contribution is 2.33. The van der Waals surface area contributed by atoms with Gasteiger partial charge in [-0.1, -0.05) is 25.0 Å². The minimum Gasteiger partial charge on any atom is -0.481 e. The molecular weight excluding hydrogens is 256 g/mol. The van der Waals surface area contributed by atoms with Crippen molar-refractivity contribution in [2.24, 2.45) is 11.8 Å². The maximum absolute atomic E-state index is 12.3. The first-order valence-corrected chi connectivity index (χ1v) is 7.61. The van der Waals surface area contributed by atoms with Gasteiger partial charge in [0.2, 0.25) is 5.91 Å². The van der Waals surface area contributed by atoms with Crippen molar-refractivity contribution in [3.05, 3.63) is 12.2 Å². The van der Waals surface area contributed by atoms with Gasteiger partial charge in [-0.2, -0.15) is 0 Å². The third-order valence-electron chi connectivity index (χ3n) is 4.91. The molecule has 110 valence electrons. The summed E-state index contributed by atoms with van der Waals surface area (Å²) < 4.78 is 0. The van der Waals surface area contributed by atoms with Gasteiger partial charge >= 0.3 is 5.97 Å². The smallest absolute Gasteiger partial charge is 0.310 e. The topological polar surface area (TPSA) is 78.4 Å². The summed E-state index contributed by atoms with van der Waals surface area (Å²) in [7, 11) is 0. The maximum atomic E-state index is 12.3. The number of nitrogens with one attached hydrogen (secondary N) is 2. The van der Waals surface area contributed by atoms with Gasteiger partial charge in [0.1, 0.15) is 0 Å². The molecule has 0 aromatic rings. The third-order valence-corrected chi connectivity index (χ3v) is 4.91. The number of carboxylic acid groups (broad SMARTS) is 1. The molecule has 0 aromatic carbocycles. The lowest BCUT2D eigenvalue weighted by atomic mass is 9.85. The number of fused-ring (bicyclic) bond motifs is 1. The molecule has 3 rings (SSSR count). The van der Waals surface area contributed by atoms with E-state index in [0.717, 1.165) is 6.42 Å². The van der Waals surface area contributed by atoms with Crippen LogP contribution >= 0.6 is 0 Å². The van der Waals surface area contributed by atoms with Crippen molar-refractivity contribution in [2.75, 3.05) is 0 Å². The summed E-state index contributed by atoms with van der Waals surface area (Å²) in [5, 5.41) is 15.4. The first-order valence-electron chi connectivity index (χ1n) is 7.61. The molecule has 2 fully saturated rings. The summed E-state index contributed by atoms with van der Waals surface area (Å²) in [5.74, 6) is -0.604. The Morgan fingerprint density at radius 2 is 1.95 bits per heavy atom. The van der Waals surface area contributed by atoms with Crippen LogP contribution in [-0.2, 0) is 9.59 Å². The van der Waals surface area contributed by atoms with Crippen molar-refractivity contribution in [1.29, 1.82) is 0 Å². The highest BCUT2D eigenvalue weighted by Gasteiger charge is 2.38. The van der Waals surface area contributed by atoms with Gasteiger partial charge in [-0.05, 0) is 31.6 Å². The SMILES string of the molecule is O=C(O)C1C=CC(NC(=O)C2CC3CCCCC3N2)C1. The summed E-state index contributed by atoms with van der Waals surface area (Å²) >= 11 is 0. The molecule has 0 aromatic heterocycles. The first-order chi connectivity index (χ1) is 9.63. The Bertz CT molecular complexity index is 421. The summed E-state index contributed by atoms with van der Waals surface area (Å²) in [6.45, 7) is 0. The van der Waals surface area contributed by atoms with Gasteiger partial charge in [-0.3, -0.25) is 9.59 Å². The van der Waals surface area contributed by atoms with Gasteiger partial charge in [0, 0.05) is 12.1 Å². The van der Waals surface area contributed by atoms with Crippen LogP contribution < -0.4 is 10.6 Å². The molecule has 0 radical (unpaired) electrons. The molecule has 0 spiro atoms. The molecule has 1 saturated carbocycles. The predicted molar refractivity (Wildman–Crippen MR) is 74.1 cm³/mol.